The van der Waals surface area contributed by atoms with Crippen molar-refractivity contribution in [1.29, 1.82) is 0 Å². The van der Waals surface area contributed by atoms with E-state index in [4.69, 9.17) is 11.5 Å². The Morgan fingerprint density at radius 3 is 1.32 bits per heavy atom. The predicted molar refractivity (Wildman–Crippen MR) is 86.1 cm³/mol. The predicted octanol–water partition coefficient (Wildman–Crippen LogP) is 6.63. The van der Waals surface area contributed by atoms with E-state index >= 15 is 0 Å². The van der Waals surface area contributed by atoms with Crippen LogP contribution in [0.15, 0.2) is 18.2 Å². The molecule has 37 heavy (non-hydrogen) atoms. The molecule has 215 valence electrons. The van der Waals surface area contributed by atoms with Gasteiger partial charge in [0, 0.05) is 24.2 Å². The van der Waals surface area contributed by atoms with E-state index < -0.39 is 72.1 Å². The summed E-state index contributed by atoms with van der Waals surface area (Å²) in [4.78, 5) is 0. The Hall–Kier alpha value is -1.99. The summed E-state index contributed by atoms with van der Waals surface area (Å²) in [5, 5.41) is 0. The van der Waals surface area contributed by atoms with Crippen molar-refractivity contribution in [3.8, 4) is 5.75 Å². The molecule has 0 aliphatic carbocycles. The third kappa shape index (κ3) is 5.31. The Bertz CT molecular complexity index is 948. The summed E-state index contributed by atoms with van der Waals surface area (Å²) >= 11 is 0. The fourth-order valence-electron chi connectivity index (χ4n) is 2.34. The zero-order valence-electron chi connectivity index (χ0n) is 17.1. The van der Waals surface area contributed by atoms with Gasteiger partial charge in [-0.25, -0.2) is 0 Å². The van der Waals surface area contributed by atoms with Crippen LogP contribution in [0.5, 0.6) is 5.75 Å². The van der Waals surface area contributed by atoms with Crippen LogP contribution in [0.4, 0.5) is 86.0 Å². The minimum Gasteiger partial charge on any atom is -0.491 e. The molecule has 0 spiro atoms. The molecule has 0 atom stereocenters. The van der Waals surface area contributed by atoms with Crippen LogP contribution < -0.4 is 16.2 Å². The van der Waals surface area contributed by atoms with E-state index in [1.807, 2.05) is 0 Å². The van der Waals surface area contributed by atoms with Gasteiger partial charge in [-0.05, 0) is 18.2 Å². The van der Waals surface area contributed by atoms with Crippen molar-refractivity contribution in [1.82, 2.24) is 0 Å². The second-order valence-electron chi connectivity index (χ2n) is 7.04. The van der Waals surface area contributed by atoms with Crippen LogP contribution in [0, 0.1) is 0 Å². The van der Waals surface area contributed by atoms with E-state index in [0.717, 1.165) is 18.2 Å². The SMILES string of the molecule is Nc1ccc(OCCC(F)(F)C(F)(F)C(F)(F)C(F)(F)C(F)(F)C(F)(F)C(F)(F)C(F)(F)F)c(N)c1.[V]. The molecule has 0 bridgehead atoms. The van der Waals surface area contributed by atoms with Crippen molar-refractivity contribution in [2.24, 2.45) is 0 Å². The van der Waals surface area contributed by atoms with Gasteiger partial charge in [0.1, 0.15) is 5.75 Å². The second-order valence-corrected chi connectivity index (χ2v) is 7.04. The number of halogens is 17. The van der Waals surface area contributed by atoms with Crippen LogP contribution in [0.1, 0.15) is 6.42 Å². The molecular formula is C16H11F17N2OV. The maximum absolute atomic E-state index is 13.7. The number of ether oxygens (including phenoxy) is 1. The van der Waals surface area contributed by atoms with Crippen LogP contribution in [0.25, 0.3) is 0 Å². The summed E-state index contributed by atoms with van der Waals surface area (Å²) in [5.74, 6) is -57.2. The number of benzene rings is 1. The van der Waals surface area contributed by atoms with Crippen LogP contribution >= 0.6 is 0 Å². The van der Waals surface area contributed by atoms with Crippen molar-refractivity contribution in [2.75, 3.05) is 18.1 Å². The van der Waals surface area contributed by atoms with Gasteiger partial charge in [-0.15, -0.1) is 0 Å². The average Bonchev–Trinajstić information content (AvgIpc) is 2.67. The first kappa shape index (κ1) is 35.0. The van der Waals surface area contributed by atoms with Crippen molar-refractivity contribution >= 4 is 11.4 Å². The topological polar surface area (TPSA) is 61.3 Å². The molecule has 1 rings (SSSR count). The van der Waals surface area contributed by atoms with E-state index in [0.29, 0.717) is 0 Å². The summed E-state index contributed by atoms with van der Waals surface area (Å²) in [6.45, 7) is -1.79. The Morgan fingerprint density at radius 2 is 0.946 bits per heavy atom. The fourth-order valence-corrected chi connectivity index (χ4v) is 2.34. The zero-order valence-corrected chi connectivity index (χ0v) is 18.5. The molecule has 0 unspecified atom stereocenters. The molecule has 4 N–H and O–H groups in total. The number of alkyl halides is 17. The summed E-state index contributed by atoms with van der Waals surface area (Å²) in [6.07, 6.45) is -10.5. The number of nitrogen functional groups attached to an aromatic ring is 2. The molecular weight excluding hydrogens is 610 g/mol. The molecule has 1 radical (unpaired) electrons. The Kier molecular flexibility index (Phi) is 9.42. The van der Waals surface area contributed by atoms with E-state index in [9.17, 15) is 74.6 Å². The van der Waals surface area contributed by atoms with Gasteiger partial charge in [-0.2, -0.15) is 74.6 Å². The number of anilines is 2. The van der Waals surface area contributed by atoms with Gasteiger partial charge in [-0.3, -0.25) is 0 Å². The van der Waals surface area contributed by atoms with Crippen LogP contribution in [-0.4, -0.2) is 54.2 Å². The molecule has 0 aromatic heterocycles. The number of rotatable bonds is 10. The molecule has 0 saturated heterocycles. The van der Waals surface area contributed by atoms with Crippen LogP contribution in [-0.2, 0) is 18.6 Å². The molecule has 1 aromatic rings. The van der Waals surface area contributed by atoms with E-state index in [-0.39, 0.29) is 24.2 Å². The maximum atomic E-state index is 13.7. The van der Waals surface area contributed by atoms with Crippen molar-refractivity contribution in [3.63, 3.8) is 0 Å². The summed E-state index contributed by atoms with van der Waals surface area (Å²) in [5.41, 5.74) is 10.0. The maximum Gasteiger partial charge on any atom is 0.460 e. The smallest absolute Gasteiger partial charge is 0.460 e. The third-order valence-electron chi connectivity index (χ3n) is 4.49. The normalized spacial score (nSPS) is 14.8. The van der Waals surface area contributed by atoms with Gasteiger partial charge in [0.25, 0.3) is 0 Å². The first-order valence-electron chi connectivity index (χ1n) is 8.62. The largest absolute Gasteiger partial charge is 0.491 e. The van der Waals surface area contributed by atoms with E-state index in [1.54, 1.807) is 0 Å². The number of nitrogens with two attached hydrogens (primary N) is 2. The Labute approximate surface area is 206 Å². The monoisotopic (exact) mass is 621 g/mol. The molecule has 0 aliphatic heterocycles. The molecule has 0 fully saturated rings. The van der Waals surface area contributed by atoms with Crippen LogP contribution in [0.2, 0.25) is 0 Å². The first-order valence-corrected chi connectivity index (χ1v) is 8.62. The van der Waals surface area contributed by atoms with Gasteiger partial charge in [-0.1, -0.05) is 0 Å². The molecule has 21 heteroatoms. The average molecular weight is 621 g/mol. The van der Waals surface area contributed by atoms with Gasteiger partial charge in [0.2, 0.25) is 0 Å². The van der Waals surface area contributed by atoms with Gasteiger partial charge in [0.15, 0.2) is 0 Å². The minimum absolute atomic E-state index is 0. The summed E-state index contributed by atoms with van der Waals surface area (Å²) < 4.78 is 228. The Balaban J connectivity index is 0.0000130. The van der Waals surface area contributed by atoms with Crippen molar-refractivity contribution in [3.05, 3.63) is 18.2 Å². The molecule has 3 nitrogen and oxygen atoms in total. The Morgan fingerprint density at radius 1 is 0.568 bits per heavy atom. The van der Waals surface area contributed by atoms with E-state index in [2.05, 4.69) is 4.74 Å². The van der Waals surface area contributed by atoms with Crippen LogP contribution in [0.3, 0.4) is 0 Å². The van der Waals surface area contributed by atoms with Crippen molar-refractivity contribution < 1.29 is 97.9 Å². The van der Waals surface area contributed by atoms with Gasteiger partial charge < -0.3 is 16.2 Å². The molecule has 0 aliphatic rings. The van der Waals surface area contributed by atoms with Gasteiger partial charge >= 0.3 is 47.6 Å². The quantitative estimate of drug-likeness (QED) is 0.228. The molecule has 0 amide bonds. The zero-order chi connectivity index (χ0) is 29.0. The second kappa shape index (κ2) is 9.96. The standard InChI is InChI=1S/C16H11F17N2O.V/c17-9(18,3-4-36-8-2-1-6(34)5-7(8)35)10(19,20)11(21,22)12(23,24)13(25,26)14(27,28)15(29,30)16(31,32)33;/h1-2,5H,3-4,34-35H2;. The first-order chi connectivity index (χ1) is 15.6. The molecule has 1 aromatic carbocycles. The molecule has 0 heterocycles. The fraction of sp³-hybridized carbons (Fsp3) is 0.625. The van der Waals surface area contributed by atoms with Gasteiger partial charge in [0.05, 0.1) is 18.7 Å². The number of hydrogen-bond donors (Lipinski definition) is 2. The molecule has 0 saturated carbocycles. The summed E-state index contributed by atoms with van der Waals surface area (Å²) in [7, 11) is 0. The van der Waals surface area contributed by atoms with Crippen molar-refractivity contribution in [2.45, 2.75) is 54.1 Å². The number of hydrogen-bond acceptors (Lipinski definition) is 3. The summed E-state index contributed by atoms with van der Waals surface area (Å²) in [6, 6.07) is 2.73. The third-order valence-corrected chi connectivity index (χ3v) is 4.49. The van der Waals surface area contributed by atoms with E-state index in [1.165, 1.54) is 0 Å². The minimum atomic E-state index is -8.66.